The molecule has 1 atom stereocenters. The molecule has 9 aromatic rings. The summed E-state index contributed by atoms with van der Waals surface area (Å²) in [5.74, 6) is 1.68. The normalized spacial score (nSPS) is 13.4. The van der Waals surface area contributed by atoms with Crippen molar-refractivity contribution < 1.29 is 0 Å². The third kappa shape index (κ3) is 6.34. The fraction of sp³-hybridized carbons (Fsp3) is 0.0577. The Morgan fingerprint density at radius 3 is 1.88 bits per heavy atom. The van der Waals surface area contributed by atoms with Crippen LogP contribution >= 0.6 is 0 Å². The van der Waals surface area contributed by atoms with Crippen molar-refractivity contribution in [1.82, 2.24) is 19.9 Å². The first-order chi connectivity index (χ1) is 28.1. The minimum absolute atomic E-state index is 0.263. The van der Waals surface area contributed by atoms with E-state index in [2.05, 4.69) is 128 Å². The summed E-state index contributed by atoms with van der Waals surface area (Å²) in [7, 11) is 0. The van der Waals surface area contributed by atoms with Gasteiger partial charge in [0.05, 0.1) is 34.2 Å². The summed E-state index contributed by atoms with van der Waals surface area (Å²) in [4.78, 5) is 20.5. The van der Waals surface area contributed by atoms with Crippen molar-refractivity contribution >= 4 is 27.8 Å². The van der Waals surface area contributed by atoms with Gasteiger partial charge in [0.25, 0.3) is 0 Å². The zero-order valence-electron chi connectivity index (χ0n) is 31.3. The molecule has 10 rings (SSSR count). The molecule has 57 heavy (non-hydrogen) atoms. The minimum Gasteiger partial charge on any atom is -0.232 e. The number of aromatic nitrogens is 4. The standard InChI is InChI=1S/C52H35N5/c1-33-13-9-25-46-48(33)55-52(44-24-12-17-35-14-5-6-22-43(35)44)57-50(46)40-21-11-19-38(30-40)42-28-34(32-53)27-41(31-42)37-18-10-20-39(29-37)49-45-23-7-8-26-47(45)54-51(56-49)36-15-3-2-4-16-36/h2-12,14-31,33H,13H2,1H3. The first-order valence-corrected chi connectivity index (χ1v) is 19.3. The lowest BCUT2D eigenvalue weighted by atomic mass is 9.89. The molecule has 0 N–H and O–H groups in total. The first kappa shape index (κ1) is 34.0. The van der Waals surface area contributed by atoms with E-state index in [1.807, 2.05) is 60.7 Å². The summed E-state index contributed by atoms with van der Waals surface area (Å²) in [6, 6.07) is 58.4. The van der Waals surface area contributed by atoms with Crippen molar-refractivity contribution in [1.29, 1.82) is 5.26 Å². The summed E-state index contributed by atoms with van der Waals surface area (Å²) in [5, 5.41) is 13.6. The van der Waals surface area contributed by atoms with Crippen molar-refractivity contribution in [2.75, 3.05) is 0 Å². The molecule has 1 aliphatic carbocycles. The quantitative estimate of drug-likeness (QED) is 0.170. The van der Waals surface area contributed by atoms with E-state index in [1.165, 1.54) is 0 Å². The van der Waals surface area contributed by atoms with Gasteiger partial charge >= 0.3 is 0 Å². The minimum atomic E-state index is 0.263. The van der Waals surface area contributed by atoms with Gasteiger partial charge in [0.15, 0.2) is 11.6 Å². The third-order valence-corrected chi connectivity index (χ3v) is 10.9. The van der Waals surface area contributed by atoms with Crippen molar-refractivity contribution in [2.24, 2.45) is 0 Å². The predicted octanol–water partition coefficient (Wildman–Crippen LogP) is 13.0. The highest BCUT2D eigenvalue weighted by Crippen LogP contribution is 2.39. The van der Waals surface area contributed by atoms with Crippen LogP contribution in [-0.4, -0.2) is 19.9 Å². The molecule has 0 saturated heterocycles. The van der Waals surface area contributed by atoms with Crippen molar-refractivity contribution in [2.45, 2.75) is 19.3 Å². The lowest BCUT2D eigenvalue weighted by molar-refractivity contribution is 0.737. The average molecular weight is 730 g/mol. The lowest BCUT2D eigenvalue weighted by Crippen LogP contribution is -2.08. The Hall–Kier alpha value is -7.55. The van der Waals surface area contributed by atoms with Gasteiger partial charge in [0.2, 0.25) is 0 Å². The van der Waals surface area contributed by atoms with Crippen LogP contribution in [0.3, 0.4) is 0 Å². The molecule has 2 aromatic heterocycles. The van der Waals surface area contributed by atoms with Gasteiger partial charge in [-0.15, -0.1) is 0 Å². The maximum Gasteiger partial charge on any atom is 0.160 e. The number of nitriles is 1. The zero-order chi connectivity index (χ0) is 38.3. The van der Waals surface area contributed by atoms with Gasteiger partial charge in [-0.2, -0.15) is 5.26 Å². The van der Waals surface area contributed by atoms with Gasteiger partial charge in [0, 0.05) is 39.1 Å². The summed E-state index contributed by atoms with van der Waals surface area (Å²) in [6.07, 6.45) is 5.34. The number of para-hydroxylation sites is 1. The number of fused-ring (bicyclic) bond motifs is 3. The SMILES string of the molecule is CC1CC=Cc2c(-c3cccc(-c4cc(C#N)cc(-c5cccc(-c6nc(-c7ccccc7)nc7ccccc67)c5)c4)c3)nc(-c3cccc4ccccc34)nc21. The Labute approximate surface area is 331 Å². The van der Waals surface area contributed by atoms with Crippen LogP contribution in [0.5, 0.6) is 0 Å². The molecular formula is C52H35N5. The second-order valence-corrected chi connectivity index (χ2v) is 14.6. The smallest absolute Gasteiger partial charge is 0.160 e. The second kappa shape index (κ2) is 14.3. The summed E-state index contributed by atoms with van der Waals surface area (Å²) < 4.78 is 0. The largest absolute Gasteiger partial charge is 0.232 e. The van der Waals surface area contributed by atoms with Crippen LogP contribution < -0.4 is 0 Å². The van der Waals surface area contributed by atoms with Crippen molar-refractivity contribution in [3.05, 3.63) is 187 Å². The summed E-state index contributed by atoms with van der Waals surface area (Å²) in [5.41, 5.74) is 13.3. The van der Waals surface area contributed by atoms with Gasteiger partial charge in [-0.1, -0.05) is 146 Å². The highest BCUT2D eigenvalue weighted by Gasteiger charge is 2.23. The monoisotopic (exact) mass is 729 g/mol. The van der Waals surface area contributed by atoms with Gasteiger partial charge in [-0.05, 0) is 75.8 Å². The molecular weight excluding hydrogens is 695 g/mol. The maximum atomic E-state index is 10.3. The fourth-order valence-electron chi connectivity index (χ4n) is 8.02. The third-order valence-electron chi connectivity index (χ3n) is 10.9. The van der Waals surface area contributed by atoms with E-state index in [4.69, 9.17) is 19.9 Å². The molecule has 0 spiro atoms. The fourth-order valence-corrected chi connectivity index (χ4v) is 8.02. The Balaban J connectivity index is 1.08. The molecule has 0 fully saturated rings. The number of rotatable bonds is 6. The number of nitrogens with zero attached hydrogens (tertiary/aromatic N) is 5. The molecule has 1 unspecified atom stereocenters. The Kier molecular flexibility index (Phi) is 8.50. The molecule has 7 aromatic carbocycles. The zero-order valence-corrected chi connectivity index (χ0v) is 31.3. The Morgan fingerprint density at radius 2 is 1.11 bits per heavy atom. The maximum absolute atomic E-state index is 10.3. The first-order valence-electron chi connectivity index (χ1n) is 19.3. The lowest BCUT2D eigenvalue weighted by Gasteiger charge is -2.21. The van der Waals surface area contributed by atoms with Crippen LogP contribution in [0, 0.1) is 11.3 Å². The molecule has 5 nitrogen and oxygen atoms in total. The number of allylic oxidation sites excluding steroid dienone is 1. The van der Waals surface area contributed by atoms with Crippen molar-refractivity contribution in [3.8, 4) is 73.6 Å². The molecule has 5 heteroatoms. The van der Waals surface area contributed by atoms with Gasteiger partial charge in [-0.3, -0.25) is 0 Å². The van der Waals surface area contributed by atoms with Crippen LogP contribution in [-0.2, 0) is 0 Å². The van der Waals surface area contributed by atoms with Crippen LogP contribution in [0.25, 0.3) is 95.3 Å². The molecule has 0 bridgehead atoms. The Bertz CT molecular complexity index is 3080. The average Bonchev–Trinajstić information content (AvgIpc) is 3.28. The van der Waals surface area contributed by atoms with Crippen LogP contribution in [0.1, 0.15) is 36.1 Å². The Morgan fingerprint density at radius 1 is 0.509 bits per heavy atom. The van der Waals surface area contributed by atoms with Crippen LogP contribution in [0.15, 0.2) is 170 Å². The molecule has 268 valence electrons. The van der Waals surface area contributed by atoms with Crippen molar-refractivity contribution in [3.63, 3.8) is 0 Å². The highest BCUT2D eigenvalue weighted by molar-refractivity contribution is 5.96. The van der Waals surface area contributed by atoms with E-state index in [1.54, 1.807) is 0 Å². The second-order valence-electron chi connectivity index (χ2n) is 14.6. The summed E-state index contributed by atoms with van der Waals surface area (Å²) in [6.45, 7) is 2.24. The number of benzene rings is 7. The van der Waals surface area contributed by atoms with Gasteiger partial charge in [0.1, 0.15) is 0 Å². The van der Waals surface area contributed by atoms with Gasteiger partial charge < -0.3 is 0 Å². The van der Waals surface area contributed by atoms with Crippen LogP contribution in [0.2, 0.25) is 0 Å². The summed E-state index contributed by atoms with van der Waals surface area (Å²) >= 11 is 0. The van der Waals surface area contributed by atoms with Gasteiger partial charge in [-0.25, -0.2) is 19.9 Å². The van der Waals surface area contributed by atoms with E-state index >= 15 is 0 Å². The highest BCUT2D eigenvalue weighted by atomic mass is 14.9. The molecule has 0 amide bonds. The molecule has 0 radical (unpaired) electrons. The van der Waals surface area contributed by atoms with E-state index in [0.29, 0.717) is 11.4 Å². The molecule has 2 heterocycles. The van der Waals surface area contributed by atoms with E-state index in [9.17, 15) is 5.26 Å². The van der Waals surface area contributed by atoms with Crippen LogP contribution in [0.4, 0.5) is 0 Å². The van der Waals surface area contributed by atoms with E-state index < -0.39 is 0 Å². The van der Waals surface area contributed by atoms with E-state index in [-0.39, 0.29) is 5.92 Å². The molecule has 1 aliphatic rings. The molecule has 0 saturated carbocycles. The van der Waals surface area contributed by atoms with E-state index in [0.717, 1.165) is 101 Å². The topological polar surface area (TPSA) is 75.3 Å². The number of hydrogen-bond acceptors (Lipinski definition) is 5. The molecule has 0 aliphatic heterocycles. The predicted molar refractivity (Wildman–Crippen MR) is 232 cm³/mol. The number of hydrogen-bond donors (Lipinski definition) is 0.